The van der Waals surface area contributed by atoms with Crippen LogP contribution in [0, 0.1) is 0 Å². The Labute approximate surface area is 128 Å². The summed E-state index contributed by atoms with van der Waals surface area (Å²) in [4.78, 5) is 4.26. The predicted octanol–water partition coefficient (Wildman–Crippen LogP) is 1.30. The highest BCUT2D eigenvalue weighted by Crippen LogP contribution is 2.18. The summed E-state index contributed by atoms with van der Waals surface area (Å²) in [7, 11) is 0. The molecular formula is C12H21N7OS. The van der Waals surface area contributed by atoms with Gasteiger partial charge in [0.25, 0.3) is 0 Å². The summed E-state index contributed by atoms with van der Waals surface area (Å²) in [6.07, 6.45) is 0.744. The first-order valence-electron chi connectivity index (χ1n) is 6.93. The summed E-state index contributed by atoms with van der Waals surface area (Å²) in [5, 5.41) is 19.8. The van der Waals surface area contributed by atoms with Gasteiger partial charge in [-0.25, -0.2) is 4.68 Å². The number of hydrogen-bond donors (Lipinski definition) is 1. The average Bonchev–Trinajstić information content (AvgIpc) is 3.03. The molecule has 0 spiro atoms. The quantitative estimate of drug-likeness (QED) is 0.765. The zero-order valence-electron chi connectivity index (χ0n) is 12.8. The van der Waals surface area contributed by atoms with E-state index in [4.69, 9.17) is 4.52 Å². The van der Waals surface area contributed by atoms with E-state index in [1.54, 1.807) is 4.68 Å². The van der Waals surface area contributed by atoms with Gasteiger partial charge in [-0.1, -0.05) is 23.8 Å². The molecule has 0 fully saturated rings. The Bertz CT molecular complexity index is 560. The molecule has 116 valence electrons. The Morgan fingerprint density at radius 1 is 1.33 bits per heavy atom. The van der Waals surface area contributed by atoms with Crippen LogP contribution in [0.3, 0.4) is 0 Å². The van der Waals surface area contributed by atoms with Gasteiger partial charge in [-0.3, -0.25) is 0 Å². The second-order valence-corrected chi connectivity index (χ2v) is 6.55. The Kier molecular flexibility index (Phi) is 5.29. The van der Waals surface area contributed by atoms with Crippen molar-refractivity contribution in [1.29, 1.82) is 0 Å². The second-order valence-electron chi connectivity index (χ2n) is 5.61. The van der Waals surface area contributed by atoms with Crippen molar-refractivity contribution < 1.29 is 4.52 Å². The zero-order chi connectivity index (χ0) is 15.3. The van der Waals surface area contributed by atoms with Crippen LogP contribution >= 0.6 is 11.8 Å². The minimum absolute atomic E-state index is 0.0858. The van der Waals surface area contributed by atoms with Crippen molar-refractivity contribution >= 4 is 11.8 Å². The lowest BCUT2D eigenvalue weighted by atomic mass is 10.1. The molecule has 1 N–H and O–H groups in total. The number of hydrogen-bond acceptors (Lipinski definition) is 8. The standard InChI is InChI=1S/C12H21N7OS/c1-5-10-14-9(16-20-10)8-21-11-15-17-18-19(11)7-6-13-12(2,3)4/h13H,5-8H2,1-4H3. The molecule has 2 rings (SSSR count). The van der Waals surface area contributed by atoms with E-state index in [-0.39, 0.29) is 5.54 Å². The molecule has 9 heteroatoms. The Hall–Kier alpha value is -1.48. The van der Waals surface area contributed by atoms with Crippen LogP contribution in [0.1, 0.15) is 39.4 Å². The number of nitrogens with one attached hydrogen (secondary N) is 1. The van der Waals surface area contributed by atoms with Crippen LogP contribution in [0.2, 0.25) is 0 Å². The number of tetrazole rings is 1. The fourth-order valence-electron chi connectivity index (χ4n) is 1.60. The Morgan fingerprint density at radius 2 is 2.14 bits per heavy atom. The maximum atomic E-state index is 5.07. The van der Waals surface area contributed by atoms with E-state index >= 15 is 0 Å². The first-order valence-corrected chi connectivity index (χ1v) is 7.92. The van der Waals surface area contributed by atoms with Crippen LogP contribution in [-0.4, -0.2) is 42.4 Å². The van der Waals surface area contributed by atoms with Gasteiger partial charge in [0.2, 0.25) is 11.0 Å². The van der Waals surface area contributed by atoms with Crippen LogP contribution < -0.4 is 5.32 Å². The smallest absolute Gasteiger partial charge is 0.226 e. The maximum absolute atomic E-state index is 5.07. The second kappa shape index (κ2) is 6.99. The summed E-state index contributed by atoms with van der Waals surface area (Å²) >= 11 is 1.50. The van der Waals surface area contributed by atoms with Crippen molar-refractivity contribution in [3.63, 3.8) is 0 Å². The molecule has 0 aromatic carbocycles. The van der Waals surface area contributed by atoms with Gasteiger partial charge in [0.15, 0.2) is 5.82 Å². The lowest BCUT2D eigenvalue weighted by Gasteiger charge is -2.20. The van der Waals surface area contributed by atoms with E-state index in [0.29, 0.717) is 17.5 Å². The number of rotatable bonds is 7. The predicted molar refractivity (Wildman–Crippen MR) is 78.8 cm³/mol. The summed E-state index contributed by atoms with van der Waals surface area (Å²) in [5.41, 5.74) is 0.0858. The van der Waals surface area contributed by atoms with Crippen LogP contribution in [0.25, 0.3) is 0 Å². The molecule has 0 unspecified atom stereocenters. The number of nitrogens with zero attached hydrogens (tertiary/aromatic N) is 6. The minimum atomic E-state index is 0.0858. The summed E-state index contributed by atoms with van der Waals surface area (Å²) < 4.78 is 6.86. The fourth-order valence-corrected chi connectivity index (χ4v) is 2.34. The van der Waals surface area contributed by atoms with Crippen molar-refractivity contribution in [2.45, 2.75) is 57.1 Å². The van der Waals surface area contributed by atoms with Gasteiger partial charge in [0, 0.05) is 18.5 Å². The highest BCUT2D eigenvalue weighted by atomic mass is 32.2. The van der Waals surface area contributed by atoms with Gasteiger partial charge < -0.3 is 9.84 Å². The minimum Gasteiger partial charge on any atom is -0.339 e. The average molecular weight is 311 g/mol. The number of thioether (sulfide) groups is 1. The molecule has 0 bridgehead atoms. The molecule has 0 amide bonds. The lowest BCUT2D eigenvalue weighted by molar-refractivity contribution is 0.378. The van der Waals surface area contributed by atoms with E-state index in [2.05, 4.69) is 51.8 Å². The van der Waals surface area contributed by atoms with Crippen molar-refractivity contribution in [2.75, 3.05) is 6.54 Å². The molecular weight excluding hydrogens is 290 g/mol. The molecule has 21 heavy (non-hydrogen) atoms. The van der Waals surface area contributed by atoms with E-state index in [1.165, 1.54) is 11.8 Å². The van der Waals surface area contributed by atoms with Crippen molar-refractivity contribution in [3.05, 3.63) is 11.7 Å². The molecule has 2 aromatic heterocycles. The van der Waals surface area contributed by atoms with Crippen molar-refractivity contribution in [2.24, 2.45) is 0 Å². The van der Waals surface area contributed by atoms with E-state index in [0.717, 1.165) is 24.7 Å². The molecule has 0 saturated heterocycles. The first kappa shape index (κ1) is 15.9. The van der Waals surface area contributed by atoms with E-state index in [9.17, 15) is 0 Å². The first-order chi connectivity index (χ1) is 9.98. The Balaban J connectivity index is 1.85. The highest BCUT2D eigenvalue weighted by Gasteiger charge is 2.12. The van der Waals surface area contributed by atoms with Crippen LogP contribution in [0.15, 0.2) is 9.68 Å². The summed E-state index contributed by atoms with van der Waals surface area (Å²) in [6.45, 7) is 9.90. The van der Waals surface area contributed by atoms with Crippen molar-refractivity contribution in [3.8, 4) is 0 Å². The molecule has 0 saturated carbocycles. The monoisotopic (exact) mass is 311 g/mol. The molecule has 0 aliphatic carbocycles. The highest BCUT2D eigenvalue weighted by molar-refractivity contribution is 7.98. The third-order valence-corrected chi connectivity index (χ3v) is 3.57. The molecule has 2 aromatic rings. The molecule has 0 atom stereocenters. The zero-order valence-corrected chi connectivity index (χ0v) is 13.6. The van der Waals surface area contributed by atoms with Gasteiger partial charge in [0.05, 0.1) is 12.3 Å². The van der Waals surface area contributed by atoms with Crippen LogP contribution in [-0.2, 0) is 18.7 Å². The summed E-state index contributed by atoms with van der Waals surface area (Å²) in [5.74, 6) is 1.91. The van der Waals surface area contributed by atoms with Gasteiger partial charge in [0.1, 0.15) is 0 Å². The maximum Gasteiger partial charge on any atom is 0.226 e. The molecule has 0 aliphatic rings. The van der Waals surface area contributed by atoms with Gasteiger partial charge in [-0.2, -0.15) is 4.98 Å². The van der Waals surface area contributed by atoms with Gasteiger partial charge in [-0.15, -0.1) is 5.10 Å². The third-order valence-electron chi connectivity index (χ3n) is 2.62. The lowest BCUT2D eigenvalue weighted by Crippen LogP contribution is -2.38. The molecule has 2 heterocycles. The topological polar surface area (TPSA) is 94.5 Å². The van der Waals surface area contributed by atoms with E-state index in [1.807, 2.05) is 6.92 Å². The number of aromatic nitrogens is 6. The Morgan fingerprint density at radius 3 is 2.81 bits per heavy atom. The van der Waals surface area contributed by atoms with Gasteiger partial charge >= 0.3 is 0 Å². The fraction of sp³-hybridized carbons (Fsp3) is 0.750. The summed E-state index contributed by atoms with van der Waals surface area (Å²) in [6, 6.07) is 0. The molecule has 0 radical (unpaired) electrons. The normalized spacial score (nSPS) is 12.0. The van der Waals surface area contributed by atoms with Gasteiger partial charge in [-0.05, 0) is 31.2 Å². The van der Waals surface area contributed by atoms with Crippen LogP contribution in [0.5, 0.6) is 0 Å². The largest absolute Gasteiger partial charge is 0.339 e. The third kappa shape index (κ3) is 5.09. The van der Waals surface area contributed by atoms with Crippen molar-refractivity contribution in [1.82, 2.24) is 35.7 Å². The molecule has 0 aliphatic heterocycles. The van der Waals surface area contributed by atoms with E-state index < -0.39 is 0 Å². The molecule has 8 nitrogen and oxygen atoms in total. The number of aryl methyl sites for hydroxylation is 1. The van der Waals surface area contributed by atoms with Crippen LogP contribution in [0.4, 0.5) is 0 Å². The SMILES string of the molecule is CCc1nc(CSc2nnnn2CCNC(C)(C)C)no1.